The van der Waals surface area contributed by atoms with Gasteiger partial charge in [-0.15, -0.1) is 11.3 Å². The van der Waals surface area contributed by atoms with Crippen molar-refractivity contribution in [1.29, 1.82) is 0 Å². The fourth-order valence-electron chi connectivity index (χ4n) is 3.99. The Labute approximate surface area is 184 Å². The molecule has 2 heterocycles. The van der Waals surface area contributed by atoms with Gasteiger partial charge in [-0.05, 0) is 32.8 Å². The van der Waals surface area contributed by atoms with Crippen LogP contribution in [0.25, 0.3) is 10.1 Å². The van der Waals surface area contributed by atoms with Crippen molar-refractivity contribution in [1.82, 2.24) is 0 Å². The van der Waals surface area contributed by atoms with E-state index in [1.807, 2.05) is 25.3 Å². The minimum atomic E-state index is -4.65. The molecular formula is C19H24NO8S3+. The molecule has 0 unspecified atom stereocenters. The average molecular weight is 491 g/mol. The number of carbonyl (C=O) groups excluding carboxylic acids is 1. The van der Waals surface area contributed by atoms with Gasteiger partial charge in [-0.3, -0.25) is 13.9 Å². The van der Waals surface area contributed by atoms with Crippen molar-refractivity contribution in [3.63, 3.8) is 0 Å². The van der Waals surface area contributed by atoms with E-state index in [1.54, 1.807) is 0 Å². The molecular weight excluding hydrogens is 466 g/mol. The van der Waals surface area contributed by atoms with Crippen molar-refractivity contribution in [3.05, 3.63) is 17.7 Å². The summed E-state index contributed by atoms with van der Waals surface area (Å²) >= 11 is 0.609. The molecule has 2 N–H and O–H groups in total. The van der Waals surface area contributed by atoms with Crippen LogP contribution in [0.3, 0.4) is 0 Å². The maximum Gasteiger partial charge on any atom is 0.304 e. The van der Waals surface area contributed by atoms with Crippen LogP contribution in [0.1, 0.15) is 45.6 Å². The number of hydrogen-bond donors (Lipinski definition) is 2. The molecule has 1 aromatic heterocycles. The largest absolute Gasteiger partial charge is 0.468 e. The number of benzene rings is 1. The SMILES string of the molecule is CC1=[N+](CCCCCOC=O)c2cc(S(=O)(=O)O)c3sc(S(=O)(=O)O)cc3c2C1(C)C. The Bertz CT molecular complexity index is 1290. The van der Waals surface area contributed by atoms with E-state index in [1.165, 1.54) is 12.1 Å². The summed E-state index contributed by atoms with van der Waals surface area (Å²) in [5, 5.41) is 0.369. The Morgan fingerprint density at radius 1 is 1.10 bits per heavy atom. The number of rotatable bonds is 9. The highest BCUT2D eigenvalue weighted by Crippen LogP contribution is 2.48. The third-order valence-corrected chi connectivity index (χ3v) is 9.17. The molecule has 0 aliphatic carbocycles. The van der Waals surface area contributed by atoms with Gasteiger partial charge in [-0.2, -0.15) is 21.4 Å². The number of unbranched alkanes of at least 4 members (excludes halogenated alkanes) is 2. The van der Waals surface area contributed by atoms with Crippen LogP contribution in [0.4, 0.5) is 5.69 Å². The van der Waals surface area contributed by atoms with Crippen LogP contribution in [0.5, 0.6) is 0 Å². The summed E-state index contributed by atoms with van der Waals surface area (Å²) in [6.45, 7) is 7.13. The van der Waals surface area contributed by atoms with Crippen molar-refractivity contribution < 1.29 is 40.0 Å². The van der Waals surface area contributed by atoms with E-state index < -0.39 is 30.5 Å². The highest BCUT2D eigenvalue weighted by atomic mass is 32.3. The summed E-state index contributed by atoms with van der Waals surface area (Å²) in [5.74, 6) is 0. The summed E-state index contributed by atoms with van der Waals surface area (Å²) in [6, 6.07) is 2.63. The second-order valence-electron chi connectivity index (χ2n) is 7.92. The predicted octanol–water partition coefficient (Wildman–Crippen LogP) is 3.13. The van der Waals surface area contributed by atoms with Gasteiger partial charge in [0.15, 0.2) is 5.71 Å². The van der Waals surface area contributed by atoms with E-state index in [-0.39, 0.29) is 8.91 Å². The van der Waals surface area contributed by atoms with Crippen molar-refractivity contribution in [3.8, 4) is 0 Å². The first-order chi connectivity index (χ1) is 14.3. The molecule has 0 atom stereocenters. The molecule has 31 heavy (non-hydrogen) atoms. The summed E-state index contributed by atoms with van der Waals surface area (Å²) in [6.07, 6.45) is 2.22. The molecule has 0 spiro atoms. The van der Waals surface area contributed by atoms with Crippen molar-refractivity contribution in [2.75, 3.05) is 13.2 Å². The third-order valence-electron chi connectivity index (χ3n) is 5.70. The lowest BCUT2D eigenvalue weighted by Crippen LogP contribution is -2.26. The zero-order chi connectivity index (χ0) is 23.2. The molecule has 3 rings (SSSR count). The maximum absolute atomic E-state index is 12.1. The van der Waals surface area contributed by atoms with E-state index >= 15 is 0 Å². The number of fused-ring (bicyclic) bond motifs is 3. The van der Waals surface area contributed by atoms with Gasteiger partial charge < -0.3 is 4.74 Å². The van der Waals surface area contributed by atoms with Crippen LogP contribution < -0.4 is 0 Å². The Hall–Kier alpha value is -1.86. The van der Waals surface area contributed by atoms with Gasteiger partial charge in [-0.1, -0.05) is 0 Å². The summed E-state index contributed by atoms with van der Waals surface area (Å²) in [7, 11) is -9.20. The standard InChI is InChI=1S/C19H23NO8S3/c1-12-19(2,3)17-13-9-16(31(25,26)27)29-18(13)15(30(22,23)24)10-14(17)20(12)7-5-4-6-8-28-11-21/h9-11H,4-8H2,1-3H3,(H-,22,23,24,25,26,27)/p+1. The minimum Gasteiger partial charge on any atom is -0.468 e. The Morgan fingerprint density at radius 3 is 2.35 bits per heavy atom. The molecule has 1 aliphatic heterocycles. The lowest BCUT2D eigenvalue weighted by atomic mass is 9.80. The maximum atomic E-state index is 12.1. The fourth-order valence-corrected chi connectivity index (χ4v) is 6.78. The molecule has 0 bridgehead atoms. The number of thiophene rings is 1. The fraction of sp³-hybridized carbons (Fsp3) is 0.474. The van der Waals surface area contributed by atoms with Crippen LogP contribution in [-0.4, -0.2) is 55.9 Å². The third kappa shape index (κ3) is 4.40. The Morgan fingerprint density at radius 2 is 1.77 bits per heavy atom. The van der Waals surface area contributed by atoms with Crippen LogP contribution in [0.15, 0.2) is 21.2 Å². The lowest BCUT2D eigenvalue weighted by molar-refractivity contribution is -0.439. The molecule has 9 nitrogen and oxygen atoms in total. The van der Waals surface area contributed by atoms with E-state index in [9.17, 15) is 30.7 Å². The van der Waals surface area contributed by atoms with Gasteiger partial charge in [0.2, 0.25) is 5.69 Å². The highest BCUT2D eigenvalue weighted by molar-refractivity contribution is 7.88. The van der Waals surface area contributed by atoms with Gasteiger partial charge >= 0.3 is 10.1 Å². The van der Waals surface area contributed by atoms with Crippen LogP contribution in [-0.2, 0) is 35.2 Å². The molecule has 0 saturated heterocycles. The number of carbonyl (C=O) groups is 1. The highest BCUT2D eigenvalue weighted by Gasteiger charge is 2.46. The van der Waals surface area contributed by atoms with E-state index in [4.69, 9.17) is 0 Å². The predicted molar refractivity (Wildman–Crippen MR) is 116 cm³/mol. The summed E-state index contributed by atoms with van der Waals surface area (Å²) in [5.41, 5.74) is 1.72. The van der Waals surface area contributed by atoms with Gasteiger partial charge in [0.1, 0.15) is 15.6 Å². The molecule has 2 aromatic rings. The monoisotopic (exact) mass is 490 g/mol. The molecule has 0 amide bonds. The molecule has 0 saturated carbocycles. The molecule has 1 aromatic carbocycles. The number of nitrogens with zero attached hydrogens (tertiary/aromatic N) is 1. The van der Waals surface area contributed by atoms with Crippen LogP contribution >= 0.6 is 11.3 Å². The molecule has 0 fully saturated rings. The molecule has 170 valence electrons. The van der Waals surface area contributed by atoms with Crippen molar-refractivity contribution >= 4 is 59.5 Å². The Kier molecular flexibility index (Phi) is 6.33. The first kappa shape index (κ1) is 23.8. The van der Waals surface area contributed by atoms with E-state index in [0.29, 0.717) is 48.5 Å². The van der Waals surface area contributed by atoms with Gasteiger partial charge in [0.05, 0.1) is 16.7 Å². The van der Waals surface area contributed by atoms with Gasteiger partial charge in [0, 0.05) is 30.4 Å². The van der Waals surface area contributed by atoms with Crippen molar-refractivity contribution in [2.45, 2.75) is 54.6 Å². The molecule has 12 heteroatoms. The van der Waals surface area contributed by atoms with Gasteiger partial charge in [-0.25, -0.2) is 0 Å². The lowest BCUT2D eigenvalue weighted by Gasteiger charge is -2.16. The molecule has 0 radical (unpaired) electrons. The zero-order valence-electron chi connectivity index (χ0n) is 17.3. The zero-order valence-corrected chi connectivity index (χ0v) is 19.7. The second kappa shape index (κ2) is 8.24. The quantitative estimate of drug-likeness (QED) is 0.237. The Balaban J connectivity index is 2.16. The van der Waals surface area contributed by atoms with E-state index in [0.717, 1.165) is 24.1 Å². The first-order valence-corrected chi connectivity index (χ1v) is 13.2. The second-order valence-corrected chi connectivity index (χ2v) is 12.0. The van der Waals surface area contributed by atoms with Gasteiger partial charge in [0.25, 0.3) is 16.6 Å². The summed E-state index contributed by atoms with van der Waals surface area (Å²) < 4.78 is 73.3. The number of ether oxygens (including phenoxy) is 1. The topological polar surface area (TPSA) is 138 Å². The van der Waals surface area contributed by atoms with Crippen molar-refractivity contribution in [2.24, 2.45) is 0 Å². The van der Waals surface area contributed by atoms with Crippen LogP contribution in [0, 0.1) is 0 Å². The number of hydrogen-bond acceptors (Lipinski definition) is 7. The first-order valence-electron chi connectivity index (χ1n) is 9.53. The average Bonchev–Trinajstić information content (AvgIpc) is 3.16. The summed E-state index contributed by atoms with van der Waals surface area (Å²) in [4.78, 5) is 9.83. The smallest absolute Gasteiger partial charge is 0.304 e. The minimum absolute atomic E-state index is 0.0858. The molecule has 1 aliphatic rings. The van der Waals surface area contributed by atoms with E-state index in [2.05, 4.69) is 4.74 Å². The normalized spacial score (nSPS) is 16.0. The van der Waals surface area contributed by atoms with Crippen LogP contribution in [0.2, 0.25) is 0 Å².